The molecule has 88 valence electrons. The lowest BCUT2D eigenvalue weighted by Gasteiger charge is -2.12. The van der Waals surface area contributed by atoms with Crippen LogP contribution in [0.25, 0.3) is 0 Å². The van der Waals surface area contributed by atoms with E-state index in [1.807, 2.05) is 0 Å². The van der Waals surface area contributed by atoms with E-state index >= 15 is 0 Å². The van der Waals surface area contributed by atoms with E-state index in [0.29, 0.717) is 0 Å². The highest BCUT2D eigenvalue weighted by molar-refractivity contribution is 9.11. The first-order chi connectivity index (χ1) is 7.68. The average molecular weight is 301 g/mol. The van der Waals surface area contributed by atoms with Crippen molar-refractivity contribution in [1.82, 2.24) is 0 Å². The number of hydrogen-bond donors (Lipinski definition) is 1. The summed E-state index contributed by atoms with van der Waals surface area (Å²) in [6, 6.07) is 2.09. The zero-order chi connectivity index (χ0) is 11.5. The smallest absolute Gasteiger partial charge is 0.109 e. The van der Waals surface area contributed by atoms with Crippen molar-refractivity contribution < 1.29 is 5.11 Å². The van der Waals surface area contributed by atoms with Gasteiger partial charge in [-0.1, -0.05) is 12.5 Å². The van der Waals surface area contributed by atoms with Gasteiger partial charge in [-0.25, -0.2) is 0 Å². The van der Waals surface area contributed by atoms with Crippen LogP contribution in [0.2, 0.25) is 0 Å². The number of hydrogen-bond acceptors (Lipinski definition) is 2. The van der Waals surface area contributed by atoms with Crippen LogP contribution < -0.4 is 0 Å². The minimum atomic E-state index is -0.381. The van der Waals surface area contributed by atoms with Gasteiger partial charge in [0.15, 0.2) is 0 Å². The largest absolute Gasteiger partial charge is 0.383 e. The van der Waals surface area contributed by atoms with E-state index in [4.69, 9.17) is 0 Å². The molecule has 1 unspecified atom stereocenters. The minimum Gasteiger partial charge on any atom is -0.383 e. The minimum absolute atomic E-state index is 0.381. The fourth-order valence-electron chi connectivity index (χ4n) is 2.09. The third-order valence-corrected chi connectivity index (χ3v) is 5.26. The number of aryl methyl sites for hydroxylation is 1. The standard InChI is InChI=1S/C13H17BrOS/c1-9-8-11(16-13(9)14)12(15)10-6-4-2-3-5-7-10/h6,8,12,15H,2-5,7H2,1H3. The van der Waals surface area contributed by atoms with Crippen LogP contribution in [-0.4, -0.2) is 5.11 Å². The summed E-state index contributed by atoms with van der Waals surface area (Å²) in [5.74, 6) is 0. The first-order valence-electron chi connectivity index (χ1n) is 5.81. The lowest BCUT2D eigenvalue weighted by Crippen LogP contribution is -1.99. The maximum atomic E-state index is 10.3. The summed E-state index contributed by atoms with van der Waals surface area (Å²) in [5.41, 5.74) is 2.43. The van der Waals surface area contributed by atoms with Crippen LogP contribution >= 0.6 is 27.3 Å². The average Bonchev–Trinajstić information content (AvgIpc) is 2.51. The molecule has 1 atom stereocenters. The zero-order valence-electron chi connectivity index (χ0n) is 9.50. The Morgan fingerprint density at radius 1 is 1.38 bits per heavy atom. The molecule has 1 aliphatic rings. The molecule has 0 aliphatic heterocycles. The van der Waals surface area contributed by atoms with Crippen molar-refractivity contribution in [3.63, 3.8) is 0 Å². The van der Waals surface area contributed by atoms with Gasteiger partial charge < -0.3 is 5.11 Å². The van der Waals surface area contributed by atoms with Crippen LogP contribution in [0.15, 0.2) is 21.5 Å². The second kappa shape index (κ2) is 5.48. The summed E-state index contributed by atoms with van der Waals surface area (Å²) in [7, 11) is 0. The predicted molar refractivity (Wildman–Crippen MR) is 72.9 cm³/mol. The summed E-state index contributed by atoms with van der Waals surface area (Å²) < 4.78 is 1.13. The number of rotatable bonds is 2. The van der Waals surface area contributed by atoms with Crippen LogP contribution in [0.5, 0.6) is 0 Å². The monoisotopic (exact) mass is 300 g/mol. The Kier molecular flexibility index (Phi) is 4.22. The second-order valence-electron chi connectivity index (χ2n) is 4.39. The number of aliphatic hydroxyl groups is 1. The Bertz CT molecular complexity index is 375. The summed E-state index contributed by atoms with van der Waals surface area (Å²) in [6.07, 6.45) is 7.81. The summed E-state index contributed by atoms with van der Waals surface area (Å²) in [4.78, 5) is 1.07. The van der Waals surface area contributed by atoms with E-state index in [9.17, 15) is 5.11 Å². The fourth-order valence-corrected chi connectivity index (χ4v) is 3.69. The molecule has 1 heterocycles. The molecule has 1 nitrogen and oxygen atoms in total. The third kappa shape index (κ3) is 2.76. The molecule has 0 amide bonds. The van der Waals surface area contributed by atoms with E-state index in [0.717, 1.165) is 21.5 Å². The van der Waals surface area contributed by atoms with Gasteiger partial charge in [0, 0.05) is 4.88 Å². The Morgan fingerprint density at radius 2 is 2.19 bits per heavy atom. The summed E-state index contributed by atoms with van der Waals surface area (Å²) in [5, 5.41) is 10.3. The quantitative estimate of drug-likeness (QED) is 0.782. The van der Waals surface area contributed by atoms with E-state index in [-0.39, 0.29) is 6.10 Å². The van der Waals surface area contributed by atoms with Gasteiger partial charge >= 0.3 is 0 Å². The van der Waals surface area contributed by atoms with Crippen LogP contribution in [0.4, 0.5) is 0 Å². The molecular formula is C13H17BrOS. The van der Waals surface area contributed by atoms with Gasteiger partial charge in [0.05, 0.1) is 3.79 Å². The van der Waals surface area contributed by atoms with E-state index in [2.05, 4.69) is 35.0 Å². The number of halogens is 1. The van der Waals surface area contributed by atoms with Gasteiger partial charge in [-0.15, -0.1) is 11.3 Å². The third-order valence-electron chi connectivity index (χ3n) is 3.07. The maximum Gasteiger partial charge on any atom is 0.109 e. The SMILES string of the molecule is Cc1cc(C(O)C2=CCCCCC2)sc1Br. The van der Waals surface area contributed by atoms with Crippen LogP contribution in [0.1, 0.15) is 48.6 Å². The van der Waals surface area contributed by atoms with Crippen molar-refractivity contribution in [3.05, 3.63) is 31.9 Å². The highest BCUT2D eigenvalue weighted by Gasteiger charge is 2.17. The molecule has 1 aromatic heterocycles. The Labute approximate surface area is 109 Å². The molecule has 0 fully saturated rings. The molecule has 1 aliphatic carbocycles. The first-order valence-corrected chi connectivity index (χ1v) is 7.42. The molecule has 0 aromatic carbocycles. The topological polar surface area (TPSA) is 20.2 Å². The van der Waals surface area contributed by atoms with Gasteiger partial charge in [-0.2, -0.15) is 0 Å². The van der Waals surface area contributed by atoms with E-state index < -0.39 is 0 Å². The molecule has 2 rings (SSSR count). The van der Waals surface area contributed by atoms with Crippen molar-refractivity contribution in [1.29, 1.82) is 0 Å². The lowest BCUT2D eigenvalue weighted by molar-refractivity contribution is 0.214. The molecule has 0 spiro atoms. The summed E-state index contributed by atoms with van der Waals surface area (Å²) >= 11 is 5.16. The van der Waals surface area contributed by atoms with Gasteiger partial charge in [0.2, 0.25) is 0 Å². The van der Waals surface area contributed by atoms with Crippen molar-refractivity contribution in [2.75, 3.05) is 0 Å². The first kappa shape index (κ1) is 12.3. The Morgan fingerprint density at radius 3 is 2.88 bits per heavy atom. The number of aliphatic hydroxyl groups excluding tert-OH is 1. The van der Waals surface area contributed by atoms with E-state index in [1.165, 1.54) is 30.4 Å². The van der Waals surface area contributed by atoms with Gasteiger partial charge in [-0.3, -0.25) is 0 Å². The highest BCUT2D eigenvalue weighted by atomic mass is 79.9. The van der Waals surface area contributed by atoms with Crippen molar-refractivity contribution in [3.8, 4) is 0 Å². The van der Waals surface area contributed by atoms with Crippen molar-refractivity contribution in [2.24, 2.45) is 0 Å². The fraction of sp³-hybridized carbons (Fsp3) is 0.538. The van der Waals surface area contributed by atoms with Gasteiger partial charge in [0.1, 0.15) is 6.10 Å². The van der Waals surface area contributed by atoms with Gasteiger partial charge in [0.25, 0.3) is 0 Å². The molecule has 0 radical (unpaired) electrons. The molecule has 16 heavy (non-hydrogen) atoms. The molecule has 0 saturated carbocycles. The van der Waals surface area contributed by atoms with Crippen molar-refractivity contribution >= 4 is 27.3 Å². The molecule has 0 bridgehead atoms. The maximum absolute atomic E-state index is 10.3. The number of thiophene rings is 1. The predicted octanol–water partition coefficient (Wildman–Crippen LogP) is 4.74. The van der Waals surface area contributed by atoms with Crippen LogP contribution in [0.3, 0.4) is 0 Å². The van der Waals surface area contributed by atoms with Crippen LogP contribution in [0, 0.1) is 6.92 Å². The van der Waals surface area contributed by atoms with Crippen LogP contribution in [-0.2, 0) is 0 Å². The number of allylic oxidation sites excluding steroid dienone is 1. The lowest BCUT2D eigenvalue weighted by atomic mass is 10.0. The molecule has 0 saturated heterocycles. The van der Waals surface area contributed by atoms with E-state index in [1.54, 1.807) is 11.3 Å². The second-order valence-corrected chi connectivity index (χ2v) is 6.79. The zero-order valence-corrected chi connectivity index (χ0v) is 11.9. The Hall–Kier alpha value is -0.120. The molecule has 3 heteroatoms. The Balaban J connectivity index is 2.17. The molecule has 1 N–H and O–H groups in total. The highest BCUT2D eigenvalue weighted by Crippen LogP contribution is 2.36. The summed E-state index contributed by atoms with van der Waals surface area (Å²) in [6.45, 7) is 2.07. The van der Waals surface area contributed by atoms with Gasteiger partial charge in [-0.05, 0) is 65.7 Å². The normalized spacial score (nSPS) is 19.1. The van der Waals surface area contributed by atoms with Crippen molar-refractivity contribution in [2.45, 2.75) is 45.1 Å². The molecular weight excluding hydrogens is 284 g/mol. The molecule has 1 aromatic rings.